The molecule has 0 amide bonds. The van der Waals surface area contributed by atoms with Gasteiger partial charge in [-0.15, -0.1) is 0 Å². The van der Waals surface area contributed by atoms with E-state index < -0.39 is 0 Å². The smallest absolute Gasteiger partial charge is 0.0976 e. The van der Waals surface area contributed by atoms with Crippen LogP contribution in [-0.4, -0.2) is 29.6 Å². The van der Waals surface area contributed by atoms with Gasteiger partial charge in [0, 0.05) is 0 Å². The second kappa shape index (κ2) is 5.02. The van der Waals surface area contributed by atoms with Crippen LogP contribution in [0.2, 0.25) is 0 Å². The number of aliphatic hydroxyl groups is 1. The Hall–Kier alpha value is -0.860. The van der Waals surface area contributed by atoms with Crippen LogP contribution in [0, 0.1) is 13.8 Å². The summed E-state index contributed by atoms with van der Waals surface area (Å²) in [5.41, 5.74) is 3.53. The Labute approximate surface area is 111 Å². The zero-order chi connectivity index (χ0) is 13.3. The molecule has 1 N–H and O–H groups in total. The van der Waals surface area contributed by atoms with Gasteiger partial charge in [0.15, 0.2) is 0 Å². The van der Waals surface area contributed by atoms with Crippen LogP contribution >= 0.6 is 0 Å². The SMILES string of the molecule is Cc1cccc(C(O)C2(N(C)C)CCCC2)c1C. The normalized spacial score (nSPS) is 20.3. The summed E-state index contributed by atoms with van der Waals surface area (Å²) in [5.74, 6) is 0. The molecule has 2 heteroatoms. The van der Waals surface area contributed by atoms with Crippen LogP contribution in [0.15, 0.2) is 18.2 Å². The molecule has 0 heterocycles. The number of aryl methyl sites for hydroxylation is 1. The van der Waals surface area contributed by atoms with E-state index in [1.54, 1.807) is 0 Å². The zero-order valence-electron chi connectivity index (χ0n) is 12.0. The van der Waals surface area contributed by atoms with Gasteiger partial charge >= 0.3 is 0 Å². The third-order valence-corrected chi connectivity index (χ3v) is 4.81. The van der Waals surface area contributed by atoms with E-state index in [0.29, 0.717) is 0 Å². The molecule has 2 rings (SSSR count). The van der Waals surface area contributed by atoms with Crippen molar-refractivity contribution in [2.45, 2.75) is 51.2 Å². The predicted octanol–water partition coefficient (Wildman–Crippen LogP) is 3.21. The molecule has 0 aromatic heterocycles. The molecule has 1 unspecified atom stereocenters. The molecule has 0 radical (unpaired) electrons. The molecule has 2 nitrogen and oxygen atoms in total. The largest absolute Gasteiger partial charge is 0.386 e. The quantitative estimate of drug-likeness (QED) is 0.886. The molecule has 1 aromatic carbocycles. The Kier molecular flexibility index (Phi) is 3.79. The van der Waals surface area contributed by atoms with Gasteiger partial charge in [-0.3, -0.25) is 0 Å². The molecule has 1 saturated carbocycles. The van der Waals surface area contributed by atoms with E-state index in [-0.39, 0.29) is 11.6 Å². The molecular formula is C16H25NO. The van der Waals surface area contributed by atoms with E-state index in [2.05, 4.69) is 51.0 Å². The average molecular weight is 247 g/mol. The highest BCUT2D eigenvalue weighted by molar-refractivity contribution is 5.36. The molecule has 18 heavy (non-hydrogen) atoms. The first-order valence-corrected chi connectivity index (χ1v) is 6.90. The first-order valence-electron chi connectivity index (χ1n) is 6.90. The van der Waals surface area contributed by atoms with E-state index in [9.17, 15) is 5.11 Å². The van der Waals surface area contributed by atoms with E-state index in [0.717, 1.165) is 18.4 Å². The molecular weight excluding hydrogens is 222 g/mol. The van der Waals surface area contributed by atoms with Crippen molar-refractivity contribution in [1.29, 1.82) is 0 Å². The van der Waals surface area contributed by atoms with Crippen LogP contribution in [-0.2, 0) is 0 Å². The fourth-order valence-corrected chi connectivity index (χ4v) is 3.31. The average Bonchev–Trinajstić information content (AvgIpc) is 2.82. The molecule has 1 atom stereocenters. The third-order valence-electron chi connectivity index (χ3n) is 4.81. The maximum absolute atomic E-state index is 10.9. The summed E-state index contributed by atoms with van der Waals surface area (Å²) in [6.07, 6.45) is 4.25. The number of rotatable bonds is 3. The van der Waals surface area contributed by atoms with Crippen LogP contribution in [0.1, 0.15) is 48.5 Å². The fraction of sp³-hybridized carbons (Fsp3) is 0.625. The van der Waals surface area contributed by atoms with Crippen molar-refractivity contribution < 1.29 is 5.11 Å². The zero-order valence-corrected chi connectivity index (χ0v) is 12.0. The van der Waals surface area contributed by atoms with Crippen molar-refractivity contribution in [3.63, 3.8) is 0 Å². The highest BCUT2D eigenvalue weighted by atomic mass is 16.3. The second-order valence-electron chi connectivity index (χ2n) is 5.90. The maximum atomic E-state index is 10.9. The lowest BCUT2D eigenvalue weighted by Gasteiger charge is -2.41. The van der Waals surface area contributed by atoms with Crippen molar-refractivity contribution in [2.24, 2.45) is 0 Å². The summed E-state index contributed by atoms with van der Waals surface area (Å²) in [7, 11) is 4.19. The van der Waals surface area contributed by atoms with Crippen LogP contribution in [0.3, 0.4) is 0 Å². The Balaban J connectivity index is 2.40. The van der Waals surface area contributed by atoms with Gasteiger partial charge in [-0.2, -0.15) is 0 Å². The van der Waals surface area contributed by atoms with E-state index in [4.69, 9.17) is 0 Å². The number of likely N-dealkylation sites (N-methyl/N-ethyl adjacent to an activating group) is 1. The topological polar surface area (TPSA) is 23.5 Å². The number of hydrogen-bond donors (Lipinski definition) is 1. The number of aliphatic hydroxyl groups excluding tert-OH is 1. The summed E-state index contributed by atoms with van der Waals surface area (Å²) in [6.45, 7) is 4.23. The lowest BCUT2D eigenvalue weighted by atomic mass is 9.82. The third kappa shape index (κ3) is 2.08. The molecule has 1 fully saturated rings. The van der Waals surface area contributed by atoms with Gasteiger partial charge in [0.1, 0.15) is 0 Å². The number of benzene rings is 1. The molecule has 0 bridgehead atoms. The Morgan fingerprint density at radius 3 is 2.33 bits per heavy atom. The second-order valence-corrected chi connectivity index (χ2v) is 5.90. The minimum Gasteiger partial charge on any atom is -0.386 e. The minimum atomic E-state index is -0.380. The molecule has 100 valence electrons. The van der Waals surface area contributed by atoms with Gasteiger partial charge in [0.05, 0.1) is 11.6 Å². The van der Waals surface area contributed by atoms with Crippen molar-refractivity contribution in [3.8, 4) is 0 Å². The summed E-state index contributed by atoms with van der Waals surface area (Å²) < 4.78 is 0. The summed E-state index contributed by atoms with van der Waals surface area (Å²) in [5, 5.41) is 10.9. The van der Waals surface area contributed by atoms with Gasteiger partial charge in [-0.05, 0) is 57.5 Å². The molecule has 0 aliphatic heterocycles. The predicted molar refractivity (Wildman–Crippen MR) is 75.8 cm³/mol. The van der Waals surface area contributed by atoms with Crippen LogP contribution in [0.4, 0.5) is 0 Å². The lowest BCUT2D eigenvalue weighted by molar-refractivity contribution is -0.00513. The molecule has 1 aliphatic carbocycles. The number of hydrogen-bond acceptors (Lipinski definition) is 2. The Morgan fingerprint density at radius 1 is 1.17 bits per heavy atom. The lowest BCUT2D eigenvalue weighted by Crippen LogP contribution is -2.47. The van der Waals surface area contributed by atoms with Crippen molar-refractivity contribution in [1.82, 2.24) is 4.90 Å². The standard InChI is InChI=1S/C16H25NO/c1-12-8-7-9-14(13(12)2)15(18)16(17(3)4)10-5-6-11-16/h7-9,15,18H,5-6,10-11H2,1-4H3. The van der Waals surface area contributed by atoms with Gasteiger partial charge in [0.2, 0.25) is 0 Å². The maximum Gasteiger partial charge on any atom is 0.0976 e. The van der Waals surface area contributed by atoms with Gasteiger partial charge < -0.3 is 10.0 Å². The Bertz CT molecular complexity index is 419. The van der Waals surface area contributed by atoms with Crippen LogP contribution < -0.4 is 0 Å². The van der Waals surface area contributed by atoms with Gasteiger partial charge in [-0.25, -0.2) is 0 Å². The van der Waals surface area contributed by atoms with E-state index in [1.807, 2.05) is 0 Å². The van der Waals surface area contributed by atoms with Crippen molar-refractivity contribution in [3.05, 3.63) is 34.9 Å². The monoisotopic (exact) mass is 247 g/mol. The first kappa shape index (κ1) is 13.6. The molecule has 1 aliphatic rings. The highest BCUT2D eigenvalue weighted by Gasteiger charge is 2.43. The highest BCUT2D eigenvalue weighted by Crippen LogP contribution is 2.44. The van der Waals surface area contributed by atoms with E-state index in [1.165, 1.54) is 24.0 Å². The summed E-state index contributed by atoms with van der Waals surface area (Å²) in [4.78, 5) is 2.23. The number of nitrogens with zero attached hydrogens (tertiary/aromatic N) is 1. The minimum absolute atomic E-state index is 0.0709. The van der Waals surface area contributed by atoms with Crippen LogP contribution in [0.25, 0.3) is 0 Å². The molecule has 0 spiro atoms. The fourth-order valence-electron chi connectivity index (χ4n) is 3.31. The van der Waals surface area contributed by atoms with Gasteiger partial charge in [-0.1, -0.05) is 31.0 Å². The summed E-state index contributed by atoms with van der Waals surface area (Å²) >= 11 is 0. The van der Waals surface area contributed by atoms with Crippen molar-refractivity contribution >= 4 is 0 Å². The van der Waals surface area contributed by atoms with Gasteiger partial charge in [0.25, 0.3) is 0 Å². The van der Waals surface area contributed by atoms with Crippen molar-refractivity contribution in [2.75, 3.05) is 14.1 Å². The first-order chi connectivity index (χ1) is 8.49. The Morgan fingerprint density at radius 2 is 1.78 bits per heavy atom. The van der Waals surface area contributed by atoms with Crippen LogP contribution in [0.5, 0.6) is 0 Å². The molecule has 1 aromatic rings. The van der Waals surface area contributed by atoms with E-state index >= 15 is 0 Å². The summed E-state index contributed by atoms with van der Waals surface area (Å²) in [6, 6.07) is 6.25. The molecule has 0 saturated heterocycles.